The summed E-state index contributed by atoms with van der Waals surface area (Å²) in [6, 6.07) is 14.0. The average molecular weight is 565 g/mol. The van der Waals surface area contributed by atoms with Crippen molar-refractivity contribution in [2.24, 2.45) is 0 Å². The number of rotatable bonds is 5. The van der Waals surface area contributed by atoms with Gasteiger partial charge in [-0.3, -0.25) is 9.36 Å². The fraction of sp³-hybridized carbons (Fsp3) is 0.250. The SMILES string of the molecule is CS(=O)(=O)c1ccc(-n2ccc(OC3(Br)CCN(C(=O)O)C(c4ccccc4F)C3)cc2=O)cc1. The summed E-state index contributed by atoms with van der Waals surface area (Å²) in [5, 5.41) is 9.63. The van der Waals surface area contributed by atoms with Crippen molar-refractivity contribution in [3.8, 4) is 11.4 Å². The van der Waals surface area contributed by atoms with Crippen molar-refractivity contribution in [1.82, 2.24) is 9.47 Å². The van der Waals surface area contributed by atoms with Gasteiger partial charge in [0, 0.05) is 49.2 Å². The topological polar surface area (TPSA) is 106 Å². The Morgan fingerprint density at radius 1 is 1.17 bits per heavy atom. The van der Waals surface area contributed by atoms with Crippen molar-refractivity contribution in [2.45, 2.75) is 28.3 Å². The van der Waals surface area contributed by atoms with Gasteiger partial charge in [0.25, 0.3) is 5.56 Å². The highest BCUT2D eigenvalue weighted by Gasteiger charge is 2.43. The van der Waals surface area contributed by atoms with Crippen LogP contribution in [0.3, 0.4) is 0 Å². The van der Waals surface area contributed by atoms with Crippen LogP contribution < -0.4 is 10.3 Å². The van der Waals surface area contributed by atoms with Crippen LogP contribution in [-0.4, -0.2) is 46.4 Å². The minimum absolute atomic E-state index is 0.101. The first kappa shape index (κ1) is 24.9. The Kier molecular flexibility index (Phi) is 6.74. The second-order valence-corrected chi connectivity index (χ2v) is 11.8. The summed E-state index contributed by atoms with van der Waals surface area (Å²) in [4.78, 5) is 25.9. The van der Waals surface area contributed by atoms with Gasteiger partial charge in [0.1, 0.15) is 11.6 Å². The third-order valence-corrected chi connectivity index (χ3v) is 7.86. The monoisotopic (exact) mass is 564 g/mol. The largest absolute Gasteiger partial charge is 0.476 e. The standard InChI is InChI=1S/C24H22BrFN2O6S/c1-35(32,33)18-8-6-16(7-9-18)27-12-10-17(14-22(27)29)34-24(25)11-13-28(23(30)31)21(15-24)19-4-2-3-5-20(19)26/h2-10,12,14,21H,11,13,15H2,1H3,(H,30,31). The van der Waals surface area contributed by atoms with Gasteiger partial charge in [-0.2, -0.15) is 0 Å². The molecule has 1 N–H and O–H groups in total. The maximum Gasteiger partial charge on any atom is 0.407 e. The van der Waals surface area contributed by atoms with E-state index in [9.17, 15) is 27.5 Å². The molecule has 1 aromatic heterocycles. The van der Waals surface area contributed by atoms with Gasteiger partial charge in [0.05, 0.1) is 10.9 Å². The molecule has 0 radical (unpaired) electrons. The number of hydrogen-bond donors (Lipinski definition) is 1. The van der Waals surface area contributed by atoms with E-state index in [2.05, 4.69) is 15.9 Å². The molecule has 8 nitrogen and oxygen atoms in total. The number of carboxylic acid groups (broad SMARTS) is 1. The van der Waals surface area contributed by atoms with Crippen molar-refractivity contribution in [3.63, 3.8) is 0 Å². The number of halogens is 2. The lowest BCUT2D eigenvalue weighted by Gasteiger charge is -2.42. The fourth-order valence-electron chi connectivity index (χ4n) is 4.09. The molecule has 3 aromatic rings. The molecule has 1 fully saturated rings. The van der Waals surface area contributed by atoms with Gasteiger partial charge in [0.15, 0.2) is 14.3 Å². The number of benzene rings is 2. The molecule has 2 unspecified atom stereocenters. The Hall–Kier alpha value is -3.18. The molecule has 0 bridgehead atoms. The first-order valence-electron chi connectivity index (χ1n) is 10.6. The number of amides is 1. The number of likely N-dealkylation sites (tertiary alicyclic amines) is 1. The van der Waals surface area contributed by atoms with Crippen LogP contribution in [0, 0.1) is 5.82 Å². The molecule has 11 heteroatoms. The number of ether oxygens (including phenoxy) is 1. The van der Waals surface area contributed by atoms with Gasteiger partial charge in [-0.05, 0) is 52.3 Å². The molecular weight excluding hydrogens is 543 g/mol. The van der Waals surface area contributed by atoms with E-state index in [1.807, 2.05) is 0 Å². The molecule has 0 spiro atoms. The number of hydrogen-bond acceptors (Lipinski definition) is 5. The number of nitrogens with zero attached hydrogens (tertiary/aromatic N) is 2. The van der Waals surface area contributed by atoms with Crippen LogP contribution in [0.25, 0.3) is 5.69 Å². The molecule has 0 saturated carbocycles. The summed E-state index contributed by atoms with van der Waals surface area (Å²) < 4.78 is 44.2. The van der Waals surface area contributed by atoms with Crippen LogP contribution in [0.1, 0.15) is 24.4 Å². The van der Waals surface area contributed by atoms with Crippen molar-refractivity contribution in [3.05, 3.63) is 88.6 Å². The van der Waals surface area contributed by atoms with E-state index in [1.165, 1.54) is 58.1 Å². The zero-order chi connectivity index (χ0) is 25.4. The lowest BCUT2D eigenvalue weighted by atomic mass is 9.93. The second kappa shape index (κ2) is 9.46. The lowest BCUT2D eigenvalue weighted by Crippen LogP contribution is -2.48. The molecule has 0 aliphatic carbocycles. The quantitative estimate of drug-likeness (QED) is 0.461. The highest BCUT2D eigenvalue weighted by atomic mass is 79.9. The molecule has 2 atom stereocenters. The number of piperidine rings is 1. The third-order valence-electron chi connectivity index (χ3n) is 5.85. The fourth-order valence-corrected chi connectivity index (χ4v) is 5.39. The maximum atomic E-state index is 14.5. The molecule has 1 aliphatic rings. The van der Waals surface area contributed by atoms with E-state index in [0.717, 1.165) is 6.26 Å². The second-order valence-electron chi connectivity index (χ2n) is 8.29. The van der Waals surface area contributed by atoms with Crippen LogP contribution in [0.15, 0.2) is 76.6 Å². The number of carbonyl (C=O) groups is 1. The summed E-state index contributed by atoms with van der Waals surface area (Å²) in [5.41, 5.74) is 0.325. The normalized spacial score (nSPS) is 20.4. The lowest BCUT2D eigenvalue weighted by molar-refractivity contribution is 0.0388. The van der Waals surface area contributed by atoms with Gasteiger partial charge in [-0.15, -0.1) is 0 Å². The third kappa shape index (κ3) is 5.40. The van der Waals surface area contributed by atoms with Crippen molar-refractivity contribution in [2.75, 3.05) is 12.8 Å². The van der Waals surface area contributed by atoms with Crippen LogP contribution in [-0.2, 0) is 9.84 Å². The zero-order valence-corrected chi connectivity index (χ0v) is 21.0. The van der Waals surface area contributed by atoms with Crippen LogP contribution in [0.4, 0.5) is 9.18 Å². The summed E-state index contributed by atoms with van der Waals surface area (Å²) in [6.45, 7) is 0.101. The van der Waals surface area contributed by atoms with E-state index in [4.69, 9.17) is 4.74 Å². The predicted octanol–water partition coefficient (Wildman–Crippen LogP) is 4.37. The van der Waals surface area contributed by atoms with Crippen molar-refractivity contribution >= 4 is 31.9 Å². The van der Waals surface area contributed by atoms with E-state index < -0.39 is 37.9 Å². The minimum atomic E-state index is -3.35. The Morgan fingerprint density at radius 2 is 1.86 bits per heavy atom. The van der Waals surface area contributed by atoms with E-state index in [0.29, 0.717) is 5.69 Å². The zero-order valence-electron chi connectivity index (χ0n) is 18.6. The Morgan fingerprint density at radius 3 is 2.46 bits per heavy atom. The molecule has 1 aliphatic heterocycles. The van der Waals surface area contributed by atoms with Crippen molar-refractivity contribution in [1.29, 1.82) is 0 Å². The summed E-state index contributed by atoms with van der Waals surface area (Å²) >= 11 is 3.56. The van der Waals surface area contributed by atoms with Crippen LogP contribution >= 0.6 is 15.9 Å². The van der Waals surface area contributed by atoms with E-state index in [1.54, 1.807) is 18.2 Å². The van der Waals surface area contributed by atoms with Gasteiger partial charge in [-0.1, -0.05) is 18.2 Å². The number of aromatic nitrogens is 1. The van der Waals surface area contributed by atoms with Gasteiger partial charge >= 0.3 is 6.09 Å². The Bertz CT molecular complexity index is 1430. The van der Waals surface area contributed by atoms with Gasteiger partial charge in [-0.25, -0.2) is 17.6 Å². The summed E-state index contributed by atoms with van der Waals surface area (Å²) in [6.07, 6.45) is 1.85. The minimum Gasteiger partial charge on any atom is -0.476 e. The van der Waals surface area contributed by atoms with Gasteiger partial charge < -0.3 is 14.7 Å². The van der Waals surface area contributed by atoms with Gasteiger partial charge in [0.2, 0.25) is 0 Å². The summed E-state index contributed by atoms with van der Waals surface area (Å²) in [7, 11) is -3.35. The number of pyridine rings is 1. The molecule has 35 heavy (non-hydrogen) atoms. The Labute approximate surface area is 209 Å². The highest BCUT2D eigenvalue weighted by Crippen LogP contribution is 2.43. The number of alkyl halides is 1. The molecule has 4 rings (SSSR count). The smallest absolute Gasteiger partial charge is 0.407 e. The maximum absolute atomic E-state index is 14.5. The number of sulfone groups is 1. The average Bonchev–Trinajstić information content (AvgIpc) is 2.78. The predicted molar refractivity (Wildman–Crippen MR) is 131 cm³/mol. The first-order valence-corrected chi connectivity index (χ1v) is 13.3. The first-order chi connectivity index (χ1) is 16.5. The molecule has 2 heterocycles. The highest BCUT2D eigenvalue weighted by molar-refractivity contribution is 9.10. The van der Waals surface area contributed by atoms with E-state index >= 15 is 0 Å². The van der Waals surface area contributed by atoms with Crippen LogP contribution in [0.2, 0.25) is 0 Å². The molecule has 1 saturated heterocycles. The molecule has 1 amide bonds. The molecular formula is C24H22BrFN2O6S. The van der Waals surface area contributed by atoms with Crippen molar-refractivity contribution < 1.29 is 27.4 Å². The molecule has 2 aromatic carbocycles. The summed E-state index contributed by atoms with van der Waals surface area (Å²) in [5.74, 6) is -0.253. The van der Waals surface area contributed by atoms with Crippen LogP contribution in [0.5, 0.6) is 5.75 Å². The molecule has 184 valence electrons. The van der Waals surface area contributed by atoms with E-state index in [-0.39, 0.29) is 35.6 Å². The Balaban J connectivity index is 1.58.